The van der Waals surface area contributed by atoms with Crippen LogP contribution in [0.25, 0.3) is 0 Å². The molecule has 2 saturated heterocycles. The van der Waals surface area contributed by atoms with Crippen LogP contribution in [0.1, 0.15) is 32.1 Å². The maximum atomic E-state index is 12.1. The molecule has 0 spiro atoms. The van der Waals surface area contributed by atoms with E-state index in [0.717, 1.165) is 19.3 Å². The Labute approximate surface area is 94.8 Å². The summed E-state index contributed by atoms with van der Waals surface area (Å²) in [5.41, 5.74) is 0. The third-order valence-electron chi connectivity index (χ3n) is 3.41. The molecule has 0 aromatic rings. The van der Waals surface area contributed by atoms with Crippen LogP contribution >= 0.6 is 0 Å². The molecule has 0 aliphatic carbocycles. The maximum absolute atomic E-state index is 12.1. The van der Waals surface area contributed by atoms with E-state index in [2.05, 4.69) is 5.32 Å². The van der Waals surface area contributed by atoms with E-state index in [-0.39, 0.29) is 30.5 Å². The third-order valence-corrected chi connectivity index (χ3v) is 3.41. The van der Waals surface area contributed by atoms with Crippen LogP contribution in [0.3, 0.4) is 0 Å². The highest BCUT2D eigenvalue weighted by Crippen LogP contribution is 2.19. The minimum Gasteiger partial charge on any atom is -0.394 e. The molecule has 2 atom stereocenters. The second kappa shape index (κ2) is 4.82. The zero-order valence-electron chi connectivity index (χ0n) is 9.32. The number of carbonyl (C=O) groups is 2. The topological polar surface area (TPSA) is 69.6 Å². The summed E-state index contributed by atoms with van der Waals surface area (Å²) >= 11 is 0. The van der Waals surface area contributed by atoms with E-state index in [4.69, 9.17) is 0 Å². The fraction of sp³-hybridized carbons (Fsp3) is 0.818. The highest BCUT2D eigenvalue weighted by molar-refractivity contribution is 5.91. The summed E-state index contributed by atoms with van der Waals surface area (Å²) in [6.45, 7) is 0.725. The molecule has 2 heterocycles. The molecule has 2 N–H and O–H groups in total. The fourth-order valence-corrected chi connectivity index (χ4v) is 2.48. The second-order valence-corrected chi connectivity index (χ2v) is 4.52. The highest BCUT2D eigenvalue weighted by Gasteiger charge is 2.34. The molecular formula is C11H18N2O3. The molecule has 5 heteroatoms. The monoisotopic (exact) mass is 226 g/mol. The Morgan fingerprint density at radius 2 is 2.25 bits per heavy atom. The number of nitrogens with one attached hydrogen (secondary N) is 1. The lowest BCUT2D eigenvalue weighted by molar-refractivity contribution is -0.138. The molecule has 5 nitrogen and oxygen atoms in total. The van der Waals surface area contributed by atoms with Crippen molar-refractivity contribution in [1.29, 1.82) is 0 Å². The molecule has 2 rings (SSSR count). The first kappa shape index (κ1) is 11.4. The van der Waals surface area contributed by atoms with Gasteiger partial charge in [0.25, 0.3) is 0 Å². The first-order chi connectivity index (χ1) is 7.72. The quantitative estimate of drug-likeness (QED) is 0.675. The normalized spacial score (nSPS) is 30.3. The summed E-state index contributed by atoms with van der Waals surface area (Å²) in [6.07, 6.45) is 3.94. The zero-order valence-corrected chi connectivity index (χ0v) is 9.32. The zero-order chi connectivity index (χ0) is 11.5. The third kappa shape index (κ3) is 2.19. The Balaban J connectivity index is 1.99. The number of piperidine rings is 1. The summed E-state index contributed by atoms with van der Waals surface area (Å²) in [4.78, 5) is 24.9. The Morgan fingerprint density at radius 3 is 2.88 bits per heavy atom. The number of carbonyl (C=O) groups excluding carboxylic acids is 2. The van der Waals surface area contributed by atoms with Gasteiger partial charge >= 0.3 is 0 Å². The van der Waals surface area contributed by atoms with E-state index < -0.39 is 0 Å². The largest absolute Gasteiger partial charge is 0.394 e. The molecule has 0 aromatic heterocycles. The van der Waals surface area contributed by atoms with E-state index in [1.807, 2.05) is 0 Å². The molecule has 1 unspecified atom stereocenters. The molecule has 0 radical (unpaired) electrons. The number of aliphatic hydroxyl groups is 1. The molecule has 2 amide bonds. The summed E-state index contributed by atoms with van der Waals surface area (Å²) < 4.78 is 0. The molecule has 90 valence electrons. The van der Waals surface area contributed by atoms with Gasteiger partial charge < -0.3 is 15.3 Å². The van der Waals surface area contributed by atoms with Crippen LogP contribution in [0.2, 0.25) is 0 Å². The van der Waals surface area contributed by atoms with Crippen molar-refractivity contribution in [1.82, 2.24) is 10.2 Å². The lowest BCUT2D eigenvalue weighted by Crippen LogP contribution is -2.52. The molecule has 2 aliphatic rings. The summed E-state index contributed by atoms with van der Waals surface area (Å²) in [6, 6.07) is -0.418. The van der Waals surface area contributed by atoms with Crippen LogP contribution in [0.4, 0.5) is 0 Å². The number of hydrogen-bond donors (Lipinski definition) is 2. The molecule has 2 fully saturated rings. The predicted octanol–water partition coefficient (Wildman–Crippen LogP) is -0.362. The average Bonchev–Trinajstić information content (AvgIpc) is 2.75. The van der Waals surface area contributed by atoms with Crippen molar-refractivity contribution in [2.24, 2.45) is 0 Å². The van der Waals surface area contributed by atoms with Gasteiger partial charge in [-0.15, -0.1) is 0 Å². The lowest BCUT2D eigenvalue weighted by Gasteiger charge is -2.36. The van der Waals surface area contributed by atoms with Gasteiger partial charge in [0, 0.05) is 13.0 Å². The molecule has 0 bridgehead atoms. The smallest absolute Gasteiger partial charge is 0.245 e. The number of amides is 2. The number of likely N-dealkylation sites (tertiary alicyclic amines) is 1. The SMILES string of the molecule is O=C1CC[C@H](C(=O)N2CCCCC2CO)N1. The van der Waals surface area contributed by atoms with Crippen molar-refractivity contribution in [3.63, 3.8) is 0 Å². The maximum Gasteiger partial charge on any atom is 0.245 e. The number of nitrogens with zero attached hydrogens (tertiary/aromatic N) is 1. The fourth-order valence-electron chi connectivity index (χ4n) is 2.48. The Hall–Kier alpha value is -1.10. The van der Waals surface area contributed by atoms with Crippen molar-refractivity contribution in [3.05, 3.63) is 0 Å². The van der Waals surface area contributed by atoms with Crippen LogP contribution < -0.4 is 5.32 Å². The van der Waals surface area contributed by atoms with Crippen LogP contribution in [-0.4, -0.2) is 47.1 Å². The van der Waals surface area contributed by atoms with Gasteiger partial charge in [0.05, 0.1) is 12.6 Å². The molecule has 16 heavy (non-hydrogen) atoms. The molecule has 0 saturated carbocycles. The van der Waals surface area contributed by atoms with E-state index in [0.29, 0.717) is 19.4 Å². The number of rotatable bonds is 2. The molecule has 2 aliphatic heterocycles. The van der Waals surface area contributed by atoms with Crippen molar-refractivity contribution < 1.29 is 14.7 Å². The van der Waals surface area contributed by atoms with Gasteiger partial charge in [0.1, 0.15) is 6.04 Å². The van der Waals surface area contributed by atoms with Gasteiger partial charge in [-0.2, -0.15) is 0 Å². The first-order valence-electron chi connectivity index (χ1n) is 5.93. The summed E-state index contributed by atoms with van der Waals surface area (Å²) in [5.74, 6) is -0.0690. The van der Waals surface area contributed by atoms with Gasteiger partial charge in [-0.05, 0) is 25.7 Å². The van der Waals surface area contributed by atoms with Crippen molar-refractivity contribution >= 4 is 11.8 Å². The minimum atomic E-state index is -0.361. The Bertz CT molecular complexity index is 293. The lowest BCUT2D eigenvalue weighted by atomic mass is 10.0. The molecular weight excluding hydrogens is 208 g/mol. The standard InChI is InChI=1S/C11H18N2O3/c14-7-8-3-1-2-6-13(8)11(16)9-4-5-10(15)12-9/h8-9,14H,1-7H2,(H,12,15)/t8?,9-/m1/s1. The highest BCUT2D eigenvalue weighted by atomic mass is 16.3. The van der Waals surface area contributed by atoms with Gasteiger partial charge in [0.15, 0.2) is 0 Å². The van der Waals surface area contributed by atoms with Crippen molar-refractivity contribution in [3.8, 4) is 0 Å². The van der Waals surface area contributed by atoms with E-state index >= 15 is 0 Å². The summed E-state index contributed by atoms with van der Waals surface area (Å²) in [5, 5.41) is 11.9. The van der Waals surface area contributed by atoms with Crippen LogP contribution in [0.15, 0.2) is 0 Å². The van der Waals surface area contributed by atoms with Crippen LogP contribution in [0, 0.1) is 0 Å². The van der Waals surface area contributed by atoms with Crippen LogP contribution in [0.5, 0.6) is 0 Å². The predicted molar refractivity (Wildman–Crippen MR) is 57.6 cm³/mol. The van der Waals surface area contributed by atoms with E-state index in [1.54, 1.807) is 4.90 Å². The number of aliphatic hydroxyl groups excluding tert-OH is 1. The first-order valence-corrected chi connectivity index (χ1v) is 5.93. The van der Waals surface area contributed by atoms with E-state index in [1.165, 1.54) is 0 Å². The van der Waals surface area contributed by atoms with Gasteiger partial charge in [-0.1, -0.05) is 0 Å². The van der Waals surface area contributed by atoms with Gasteiger partial charge in [-0.3, -0.25) is 9.59 Å². The Kier molecular flexibility index (Phi) is 3.43. The number of hydrogen-bond acceptors (Lipinski definition) is 3. The summed E-state index contributed by atoms with van der Waals surface area (Å²) in [7, 11) is 0. The van der Waals surface area contributed by atoms with Gasteiger partial charge in [0.2, 0.25) is 11.8 Å². The molecule has 0 aromatic carbocycles. The minimum absolute atomic E-state index is 0.0202. The second-order valence-electron chi connectivity index (χ2n) is 4.52. The Morgan fingerprint density at radius 1 is 1.44 bits per heavy atom. The van der Waals surface area contributed by atoms with Crippen molar-refractivity contribution in [2.75, 3.05) is 13.2 Å². The average molecular weight is 226 g/mol. The van der Waals surface area contributed by atoms with Crippen molar-refractivity contribution in [2.45, 2.75) is 44.2 Å². The van der Waals surface area contributed by atoms with Gasteiger partial charge in [-0.25, -0.2) is 0 Å². The van der Waals surface area contributed by atoms with Crippen LogP contribution in [-0.2, 0) is 9.59 Å². The van der Waals surface area contributed by atoms with E-state index in [9.17, 15) is 14.7 Å².